The van der Waals surface area contributed by atoms with Crippen molar-refractivity contribution in [1.82, 2.24) is 19.6 Å². The molecule has 3 rings (SSSR count). The molecule has 0 radical (unpaired) electrons. The van der Waals surface area contributed by atoms with E-state index < -0.39 is 0 Å². The molecule has 0 aliphatic carbocycles. The molecule has 1 aromatic carbocycles. The molecule has 2 aromatic heterocycles. The number of aryl methyl sites for hydroxylation is 4. The van der Waals surface area contributed by atoms with E-state index >= 15 is 0 Å². The molecule has 0 bridgehead atoms. The summed E-state index contributed by atoms with van der Waals surface area (Å²) in [5.74, 6) is -0.116. The predicted molar refractivity (Wildman–Crippen MR) is 107 cm³/mol. The summed E-state index contributed by atoms with van der Waals surface area (Å²) in [5, 5.41) is 12.0. The van der Waals surface area contributed by atoms with Crippen LogP contribution in [-0.4, -0.2) is 25.5 Å². The van der Waals surface area contributed by atoms with Gasteiger partial charge in [-0.1, -0.05) is 19.1 Å². The van der Waals surface area contributed by atoms with Gasteiger partial charge in [-0.3, -0.25) is 14.2 Å². The third-order valence-corrected chi connectivity index (χ3v) is 4.71. The monoisotopic (exact) mass is 365 g/mol. The van der Waals surface area contributed by atoms with Gasteiger partial charge in [0.25, 0.3) is 5.91 Å². The summed E-state index contributed by atoms with van der Waals surface area (Å²) in [6.07, 6.45) is 1.01. The molecule has 6 heteroatoms. The third-order valence-electron chi connectivity index (χ3n) is 4.71. The number of amides is 1. The highest BCUT2D eigenvalue weighted by Gasteiger charge is 2.15. The first kappa shape index (κ1) is 18.9. The maximum absolute atomic E-state index is 12.6. The maximum Gasteiger partial charge on any atom is 0.255 e. The summed E-state index contributed by atoms with van der Waals surface area (Å²) in [4.78, 5) is 12.6. The molecule has 27 heavy (non-hydrogen) atoms. The van der Waals surface area contributed by atoms with E-state index in [4.69, 9.17) is 0 Å². The van der Waals surface area contributed by atoms with Crippen LogP contribution < -0.4 is 5.32 Å². The Morgan fingerprint density at radius 3 is 2.33 bits per heavy atom. The molecular weight excluding hydrogens is 338 g/mol. The summed E-state index contributed by atoms with van der Waals surface area (Å²) >= 11 is 0. The molecule has 2 heterocycles. The van der Waals surface area contributed by atoms with Gasteiger partial charge >= 0.3 is 0 Å². The maximum atomic E-state index is 12.6. The van der Waals surface area contributed by atoms with Crippen molar-refractivity contribution < 1.29 is 4.79 Å². The molecule has 0 unspecified atom stereocenters. The number of benzene rings is 1. The van der Waals surface area contributed by atoms with Crippen molar-refractivity contribution in [1.29, 1.82) is 0 Å². The molecule has 0 aliphatic rings. The zero-order valence-corrected chi connectivity index (χ0v) is 16.7. The van der Waals surface area contributed by atoms with Crippen LogP contribution in [0.1, 0.15) is 52.0 Å². The summed E-state index contributed by atoms with van der Waals surface area (Å²) in [6, 6.07) is 9.73. The molecule has 0 spiro atoms. The number of hydrogen-bond donors (Lipinski definition) is 1. The second-order valence-corrected chi connectivity index (χ2v) is 7.00. The molecule has 0 aliphatic heterocycles. The van der Waals surface area contributed by atoms with E-state index in [0.29, 0.717) is 12.1 Å². The van der Waals surface area contributed by atoms with Crippen molar-refractivity contribution in [3.63, 3.8) is 0 Å². The van der Waals surface area contributed by atoms with Crippen LogP contribution in [-0.2, 0) is 13.1 Å². The highest BCUT2D eigenvalue weighted by molar-refractivity contribution is 6.04. The Morgan fingerprint density at radius 1 is 1.04 bits per heavy atom. The molecule has 1 amide bonds. The highest BCUT2D eigenvalue weighted by Crippen LogP contribution is 2.21. The lowest BCUT2D eigenvalue weighted by atomic mass is 10.1. The number of nitrogens with zero attached hydrogens (tertiary/aromatic N) is 4. The lowest BCUT2D eigenvalue weighted by molar-refractivity contribution is 0.102. The van der Waals surface area contributed by atoms with Crippen LogP contribution in [0.2, 0.25) is 0 Å². The second-order valence-electron chi connectivity index (χ2n) is 7.00. The highest BCUT2D eigenvalue weighted by atomic mass is 16.1. The van der Waals surface area contributed by atoms with E-state index in [1.54, 1.807) is 0 Å². The van der Waals surface area contributed by atoms with E-state index in [1.165, 1.54) is 0 Å². The van der Waals surface area contributed by atoms with Crippen LogP contribution in [0, 0.1) is 27.7 Å². The van der Waals surface area contributed by atoms with E-state index in [0.717, 1.165) is 47.0 Å². The Balaban J connectivity index is 1.72. The second kappa shape index (κ2) is 7.78. The van der Waals surface area contributed by atoms with Gasteiger partial charge in [0.2, 0.25) is 0 Å². The number of nitrogens with one attached hydrogen (secondary N) is 1. The van der Waals surface area contributed by atoms with Crippen molar-refractivity contribution in [3.8, 4) is 0 Å². The van der Waals surface area contributed by atoms with E-state index in [-0.39, 0.29) is 5.91 Å². The van der Waals surface area contributed by atoms with Gasteiger partial charge in [0.15, 0.2) is 0 Å². The minimum atomic E-state index is -0.116. The van der Waals surface area contributed by atoms with Gasteiger partial charge in [0.1, 0.15) is 0 Å². The quantitative estimate of drug-likeness (QED) is 0.717. The molecule has 3 aromatic rings. The molecule has 0 fully saturated rings. The number of aromatic nitrogens is 4. The van der Waals surface area contributed by atoms with Gasteiger partial charge in [-0.25, -0.2) is 0 Å². The first-order valence-corrected chi connectivity index (χ1v) is 9.34. The van der Waals surface area contributed by atoms with Crippen LogP contribution in [0.25, 0.3) is 0 Å². The van der Waals surface area contributed by atoms with Gasteiger partial charge in [0, 0.05) is 17.8 Å². The molecule has 0 atom stereocenters. The fraction of sp³-hybridized carbons (Fsp3) is 0.381. The first-order valence-electron chi connectivity index (χ1n) is 9.34. The number of rotatable bonds is 6. The number of carbonyl (C=O) groups excluding carboxylic acids is 1. The summed E-state index contributed by atoms with van der Waals surface area (Å²) in [7, 11) is 0. The lowest BCUT2D eigenvalue weighted by Crippen LogP contribution is -2.13. The van der Waals surface area contributed by atoms with Crippen molar-refractivity contribution in [2.45, 2.75) is 54.1 Å². The largest absolute Gasteiger partial charge is 0.319 e. The van der Waals surface area contributed by atoms with Gasteiger partial charge < -0.3 is 5.32 Å². The SMILES string of the molecule is CCCn1nc(C)c(NC(=O)c2ccc(Cn3nc(C)cc3C)cc2)c1C. The zero-order chi connectivity index (χ0) is 19.6. The standard InChI is InChI=1S/C21H27N5O/c1-6-11-25-17(5)20(16(4)24-25)22-21(27)19-9-7-18(8-10-19)13-26-15(3)12-14(2)23-26/h7-10,12H,6,11,13H2,1-5H3,(H,22,27). The zero-order valence-electron chi connectivity index (χ0n) is 16.7. The predicted octanol–water partition coefficient (Wildman–Crippen LogP) is 4.02. The first-order chi connectivity index (χ1) is 12.9. The van der Waals surface area contributed by atoms with Crippen LogP contribution in [0.4, 0.5) is 5.69 Å². The van der Waals surface area contributed by atoms with Crippen LogP contribution in [0.15, 0.2) is 30.3 Å². The van der Waals surface area contributed by atoms with Gasteiger partial charge in [-0.15, -0.1) is 0 Å². The number of anilines is 1. The summed E-state index contributed by atoms with van der Waals surface area (Å²) < 4.78 is 3.92. The van der Waals surface area contributed by atoms with E-state index in [9.17, 15) is 4.79 Å². The fourth-order valence-corrected chi connectivity index (χ4v) is 3.26. The Hall–Kier alpha value is -2.89. The Morgan fingerprint density at radius 2 is 1.74 bits per heavy atom. The summed E-state index contributed by atoms with van der Waals surface area (Å²) in [6.45, 7) is 11.6. The molecule has 0 saturated carbocycles. The minimum Gasteiger partial charge on any atom is -0.319 e. The van der Waals surface area contributed by atoms with Gasteiger partial charge in [-0.05, 0) is 57.9 Å². The third kappa shape index (κ3) is 4.10. The van der Waals surface area contributed by atoms with E-state index in [2.05, 4.69) is 28.5 Å². The molecule has 142 valence electrons. The summed E-state index contributed by atoms with van der Waals surface area (Å²) in [5.41, 5.74) is 6.52. The smallest absolute Gasteiger partial charge is 0.255 e. The normalized spacial score (nSPS) is 11.0. The fourth-order valence-electron chi connectivity index (χ4n) is 3.26. The van der Waals surface area contributed by atoms with Crippen LogP contribution >= 0.6 is 0 Å². The molecule has 0 saturated heterocycles. The van der Waals surface area contributed by atoms with Crippen molar-refractivity contribution in [2.75, 3.05) is 5.32 Å². The molecular formula is C21H27N5O. The topological polar surface area (TPSA) is 64.7 Å². The number of hydrogen-bond acceptors (Lipinski definition) is 3. The average molecular weight is 365 g/mol. The molecule has 1 N–H and O–H groups in total. The van der Waals surface area contributed by atoms with Crippen LogP contribution in [0.3, 0.4) is 0 Å². The number of carbonyl (C=O) groups is 1. The van der Waals surface area contributed by atoms with Crippen molar-refractivity contribution in [3.05, 3.63) is 64.2 Å². The molecule has 6 nitrogen and oxygen atoms in total. The Kier molecular flexibility index (Phi) is 5.44. The van der Waals surface area contributed by atoms with Crippen molar-refractivity contribution in [2.24, 2.45) is 0 Å². The average Bonchev–Trinajstić information content (AvgIpc) is 3.08. The van der Waals surface area contributed by atoms with E-state index in [1.807, 2.05) is 61.3 Å². The van der Waals surface area contributed by atoms with Gasteiger partial charge in [-0.2, -0.15) is 10.2 Å². The lowest BCUT2D eigenvalue weighted by Gasteiger charge is -2.08. The van der Waals surface area contributed by atoms with Gasteiger partial charge in [0.05, 0.1) is 29.3 Å². The van der Waals surface area contributed by atoms with Crippen LogP contribution in [0.5, 0.6) is 0 Å². The van der Waals surface area contributed by atoms with Crippen molar-refractivity contribution >= 4 is 11.6 Å². The Labute approximate surface area is 160 Å². The Bertz CT molecular complexity index is 950. The minimum absolute atomic E-state index is 0.116.